The van der Waals surface area contributed by atoms with Gasteiger partial charge >= 0.3 is 0 Å². The van der Waals surface area contributed by atoms with Crippen molar-refractivity contribution in [2.24, 2.45) is 0 Å². The maximum atomic E-state index is 12.2. The fourth-order valence-electron chi connectivity index (χ4n) is 2.34. The zero-order valence-corrected chi connectivity index (χ0v) is 10.9. The molecular weight excluding hydrogens is 238 g/mol. The van der Waals surface area contributed by atoms with Crippen LogP contribution in [-0.4, -0.2) is 28.3 Å². The molecule has 2 rings (SSSR count). The summed E-state index contributed by atoms with van der Waals surface area (Å²) in [4.78, 5) is 0.361. The van der Waals surface area contributed by atoms with Gasteiger partial charge in [0.05, 0.1) is 12.9 Å². The first kappa shape index (κ1) is 12.4. The number of hydrogen-bond donors (Lipinski definition) is 1. The third kappa shape index (κ3) is 2.17. The Morgan fingerprint density at radius 1 is 1.41 bits per heavy atom. The summed E-state index contributed by atoms with van der Waals surface area (Å²) in [6.45, 7) is 0. The van der Waals surface area contributed by atoms with Crippen LogP contribution in [0.15, 0.2) is 23.1 Å². The minimum absolute atomic E-state index is 0.0809. The lowest BCUT2D eigenvalue weighted by atomic mass is 10.0. The van der Waals surface area contributed by atoms with Gasteiger partial charge < -0.3 is 10.1 Å². The second-order valence-electron chi connectivity index (χ2n) is 4.18. The molecule has 1 heterocycles. The topological polar surface area (TPSA) is 55.4 Å². The van der Waals surface area contributed by atoms with Crippen LogP contribution >= 0.6 is 0 Å². The fourth-order valence-corrected chi connectivity index (χ4v) is 4.11. The number of sulfone groups is 1. The maximum Gasteiger partial charge on any atom is 0.182 e. The molecule has 0 fully saturated rings. The first-order valence-electron chi connectivity index (χ1n) is 5.67. The largest absolute Gasteiger partial charge is 0.495 e. The van der Waals surface area contributed by atoms with Crippen LogP contribution in [0.25, 0.3) is 0 Å². The molecule has 0 aliphatic carbocycles. The summed E-state index contributed by atoms with van der Waals surface area (Å²) in [7, 11) is 0.128. The summed E-state index contributed by atoms with van der Waals surface area (Å²) in [6.07, 6.45) is 1.50. The molecule has 1 aliphatic heterocycles. The monoisotopic (exact) mass is 255 g/mol. The molecule has 0 spiro atoms. The van der Waals surface area contributed by atoms with Gasteiger partial charge in [0, 0.05) is 6.04 Å². The van der Waals surface area contributed by atoms with Crippen molar-refractivity contribution < 1.29 is 13.2 Å². The molecule has 1 atom stereocenters. The molecule has 1 aliphatic rings. The van der Waals surface area contributed by atoms with Crippen LogP contribution in [0.4, 0.5) is 0 Å². The number of rotatable bonds is 2. The smallest absolute Gasteiger partial charge is 0.182 e. The molecular formula is C12H17NO3S. The van der Waals surface area contributed by atoms with E-state index >= 15 is 0 Å². The average Bonchev–Trinajstić information content (AvgIpc) is 2.45. The molecule has 5 heteroatoms. The summed E-state index contributed by atoms with van der Waals surface area (Å²) in [5, 5.41) is 3.17. The SMILES string of the molecule is CNC1CCCS(=O)(=O)c2c(OC)cccc21. The van der Waals surface area contributed by atoms with E-state index in [9.17, 15) is 8.42 Å². The first-order chi connectivity index (χ1) is 8.10. The predicted octanol–water partition coefficient (Wildman–Crippen LogP) is 1.52. The van der Waals surface area contributed by atoms with Gasteiger partial charge in [-0.3, -0.25) is 0 Å². The minimum atomic E-state index is -3.23. The van der Waals surface area contributed by atoms with E-state index in [2.05, 4.69) is 5.32 Å². The highest BCUT2D eigenvalue weighted by Gasteiger charge is 2.29. The Bertz CT molecular complexity index is 510. The van der Waals surface area contributed by atoms with Crippen LogP contribution < -0.4 is 10.1 Å². The van der Waals surface area contributed by atoms with E-state index in [0.29, 0.717) is 17.1 Å². The molecule has 1 N–H and O–H groups in total. The Balaban J connectivity index is 2.69. The second-order valence-corrected chi connectivity index (χ2v) is 6.23. The summed E-state index contributed by atoms with van der Waals surface area (Å²) in [5.74, 6) is 0.642. The number of nitrogens with one attached hydrogen (secondary N) is 1. The Hall–Kier alpha value is -1.07. The zero-order valence-electron chi connectivity index (χ0n) is 10.1. The first-order valence-corrected chi connectivity index (χ1v) is 7.32. The van der Waals surface area contributed by atoms with Crippen molar-refractivity contribution in [1.82, 2.24) is 5.32 Å². The van der Waals surface area contributed by atoms with Crippen molar-refractivity contribution in [2.75, 3.05) is 19.9 Å². The van der Waals surface area contributed by atoms with Crippen molar-refractivity contribution in [3.63, 3.8) is 0 Å². The second kappa shape index (κ2) is 4.66. The lowest BCUT2D eigenvalue weighted by Crippen LogP contribution is -2.17. The fraction of sp³-hybridized carbons (Fsp3) is 0.500. The number of benzene rings is 1. The van der Waals surface area contributed by atoms with Crippen molar-refractivity contribution >= 4 is 9.84 Å². The van der Waals surface area contributed by atoms with Crippen LogP contribution in [0.5, 0.6) is 5.75 Å². The molecule has 1 aromatic rings. The highest BCUT2D eigenvalue weighted by Crippen LogP contribution is 2.36. The maximum absolute atomic E-state index is 12.2. The van der Waals surface area contributed by atoms with Crippen LogP contribution in [0.1, 0.15) is 24.4 Å². The lowest BCUT2D eigenvalue weighted by Gasteiger charge is -2.17. The van der Waals surface area contributed by atoms with E-state index < -0.39 is 9.84 Å². The summed E-state index contributed by atoms with van der Waals surface area (Å²) < 4.78 is 29.6. The molecule has 17 heavy (non-hydrogen) atoms. The number of ether oxygens (including phenoxy) is 1. The number of hydrogen-bond acceptors (Lipinski definition) is 4. The van der Waals surface area contributed by atoms with Gasteiger partial charge in [0.1, 0.15) is 10.6 Å². The average molecular weight is 255 g/mol. The summed E-state index contributed by atoms with van der Waals surface area (Å²) in [5.41, 5.74) is 0.823. The summed E-state index contributed by atoms with van der Waals surface area (Å²) in [6, 6.07) is 5.48. The van der Waals surface area contributed by atoms with Crippen LogP contribution in [0.2, 0.25) is 0 Å². The van der Waals surface area contributed by atoms with Crippen LogP contribution in [-0.2, 0) is 9.84 Å². The highest BCUT2D eigenvalue weighted by molar-refractivity contribution is 7.91. The third-order valence-electron chi connectivity index (χ3n) is 3.17. The van der Waals surface area contributed by atoms with Crippen LogP contribution in [0.3, 0.4) is 0 Å². The molecule has 94 valence electrons. The normalized spacial score (nSPS) is 22.6. The molecule has 0 aromatic heterocycles. The Morgan fingerprint density at radius 2 is 2.18 bits per heavy atom. The Labute approximate surface area is 102 Å². The van der Waals surface area contributed by atoms with E-state index in [4.69, 9.17) is 4.74 Å². The van der Waals surface area contributed by atoms with Gasteiger partial charge in [-0.05, 0) is 31.5 Å². The van der Waals surface area contributed by atoms with Gasteiger partial charge in [-0.15, -0.1) is 0 Å². The van der Waals surface area contributed by atoms with Crippen molar-refractivity contribution in [3.8, 4) is 5.75 Å². The van der Waals surface area contributed by atoms with Gasteiger partial charge in [0.2, 0.25) is 0 Å². The van der Waals surface area contributed by atoms with E-state index in [1.165, 1.54) is 7.11 Å². The number of methoxy groups -OCH3 is 1. The van der Waals surface area contributed by atoms with E-state index in [0.717, 1.165) is 12.0 Å². The molecule has 0 saturated heterocycles. The lowest BCUT2D eigenvalue weighted by molar-refractivity contribution is 0.399. The van der Waals surface area contributed by atoms with Gasteiger partial charge in [0.25, 0.3) is 0 Å². The van der Waals surface area contributed by atoms with Crippen molar-refractivity contribution in [3.05, 3.63) is 23.8 Å². The predicted molar refractivity (Wildman–Crippen MR) is 66.1 cm³/mol. The minimum Gasteiger partial charge on any atom is -0.495 e. The Kier molecular flexibility index (Phi) is 3.40. The molecule has 0 bridgehead atoms. The van der Waals surface area contributed by atoms with E-state index in [1.54, 1.807) is 6.07 Å². The van der Waals surface area contributed by atoms with Gasteiger partial charge in [-0.25, -0.2) is 8.42 Å². The standard InChI is InChI=1S/C12H17NO3S/c1-13-10-6-4-8-17(14,15)12-9(10)5-3-7-11(12)16-2/h3,5,7,10,13H,4,6,8H2,1-2H3. The molecule has 4 nitrogen and oxygen atoms in total. The van der Waals surface area contributed by atoms with Gasteiger partial charge in [-0.2, -0.15) is 0 Å². The molecule has 0 radical (unpaired) electrons. The van der Waals surface area contributed by atoms with Gasteiger partial charge in [0.15, 0.2) is 9.84 Å². The number of fused-ring (bicyclic) bond motifs is 1. The van der Waals surface area contributed by atoms with Gasteiger partial charge in [-0.1, -0.05) is 12.1 Å². The molecule has 1 unspecified atom stereocenters. The van der Waals surface area contributed by atoms with E-state index in [-0.39, 0.29) is 11.8 Å². The molecule has 0 saturated carbocycles. The Morgan fingerprint density at radius 3 is 2.82 bits per heavy atom. The third-order valence-corrected chi connectivity index (χ3v) is 5.06. The molecule has 0 amide bonds. The summed E-state index contributed by atoms with van der Waals surface area (Å²) >= 11 is 0. The van der Waals surface area contributed by atoms with Crippen molar-refractivity contribution in [2.45, 2.75) is 23.8 Å². The quantitative estimate of drug-likeness (QED) is 0.870. The highest BCUT2D eigenvalue weighted by atomic mass is 32.2. The molecule has 1 aromatic carbocycles. The van der Waals surface area contributed by atoms with E-state index in [1.807, 2.05) is 19.2 Å². The zero-order chi connectivity index (χ0) is 12.5. The van der Waals surface area contributed by atoms with Crippen molar-refractivity contribution in [1.29, 1.82) is 0 Å². The van der Waals surface area contributed by atoms with Crippen LogP contribution in [0, 0.1) is 0 Å².